The van der Waals surface area contributed by atoms with Crippen molar-refractivity contribution in [1.82, 2.24) is 9.97 Å². The number of anilines is 3. The van der Waals surface area contributed by atoms with E-state index in [2.05, 4.69) is 46.2 Å². The summed E-state index contributed by atoms with van der Waals surface area (Å²) >= 11 is 0. The summed E-state index contributed by atoms with van der Waals surface area (Å²) in [4.78, 5) is 25.6. The Hall–Kier alpha value is -3.41. The van der Waals surface area contributed by atoms with Crippen molar-refractivity contribution in [2.45, 2.75) is 20.4 Å². The van der Waals surface area contributed by atoms with E-state index in [9.17, 15) is 4.79 Å². The second-order valence-electron chi connectivity index (χ2n) is 6.76. The summed E-state index contributed by atoms with van der Waals surface area (Å²) in [6, 6.07) is 19.6. The molecule has 29 heavy (non-hydrogen) atoms. The highest BCUT2D eigenvalue weighted by molar-refractivity contribution is 6.03. The fourth-order valence-corrected chi connectivity index (χ4v) is 3.13. The highest BCUT2D eigenvalue weighted by atomic mass is 16.1. The first-order chi connectivity index (χ1) is 14.1. The number of carbonyl (C=O) groups excluding carboxylic acids is 1. The Balaban J connectivity index is 1.67. The third-order valence-corrected chi connectivity index (χ3v) is 4.73. The van der Waals surface area contributed by atoms with Crippen LogP contribution in [0.25, 0.3) is 0 Å². The Morgan fingerprint density at radius 3 is 2.31 bits per heavy atom. The first-order valence-electron chi connectivity index (χ1n) is 9.85. The summed E-state index contributed by atoms with van der Waals surface area (Å²) in [5.74, 6) is 0.260. The Morgan fingerprint density at radius 1 is 0.966 bits per heavy atom. The predicted octanol–water partition coefficient (Wildman–Crippen LogP) is 4.21. The number of hydrogen-bond acceptors (Lipinski definition) is 5. The Morgan fingerprint density at radius 2 is 1.66 bits per heavy atom. The molecule has 1 aromatic heterocycles. The van der Waals surface area contributed by atoms with Crippen LogP contribution in [0.15, 0.2) is 66.9 Å². The van der Waals surface area contributed by atoms with Crippen molar-refractivity contribution < 1.29 is 4.79 Å². The lowest BCUT2D eigenvalue weighted by Crippen LogP contribution is -2.22. The third kappa shape index (κ3) is 5.31. The molecule has 0 saturated carbocycles. The van der Waals surface area contributed by atoms with E-state index in [0.717, 1.165) is 30.0 Å². The molecule has 0 saturated heterocycles. The first kappa shape index (κ1) is 20.3. The van der Waals surface area contributed by atoms with Crippen molar-refractivity contribution in [3.05, 3.63) is 78.1 Å². The molecule has 0 atom stereocenters. The fourth-order valence-electron chi connectivity index (χ4n) is 3.13. The lowest BCUT2D eigenvalue weighted by atomic mass is 10.2. The number of nitrogens with zero attached hydrogens (tertiary/aromatic N) is 4. The Labute approximate surface area is 172 Å². The second-order valence-corrected chi connectivity index (χ2v) is 6.76. The average Bonchev–Trinajstić information content (AvgIpc) is 2.76. The van der Waals surface area contributed by atoms with Gasteiger partial charge in [-0.25, -0.2) is 9.97 Å². The molecule has 3 rings (SSSR count). The topological polar surface area (TPSA) is 61.4 Å². The van der Waals surface area contributed by atoms with Gasteiger partial charge in [-0.3, -0.25) is 4.79 Å². The molecule has 0 bridgehead atoms. The summed E-state index contributed by atoms with van der Waals surface area (Å²) < 4.78 is 0. The molecule has 150 valence electrons. The molecule has 0 aliphatic heterocycles. The van der Waals surface area contributed by atoms with E-state index in [0.29, 0.717) is 18.2 Å². The van der Waals surface area contributed by atoms with E-state index in [4.69, 9.17) is 0 Å². The average molecular weight is 390 g/mol. The molecule has 0 aliphatic rings. The number of rotatable bonds is 8. The SMILES string of the molecule is CCN(CC)c1ccc(NC(=O)c2ccnc(N(C)Cc3ccccc3)n2)cc1. The van der Waals surface area contributed by atoms with Gasteiger partial charge in [0, 0.05) is 44.3 Å². The standard InChI is InChI=1S/C23H27N5O/c1-4-28(5-2)20-13-11-19(12-14-20)25-22(29)21-15-16-24-23(26-21)27(3)17-18-9-7-6-8-10-18/h6-16H,4-5,17H2,1-3H3,(H,25,29). The zero-order chi connectivity index (χ0) is 20.6. The molecule has 0 radical (unpaired) electrons. The highest BCUT2D eigenvalue weighted by Gasteiger charge is 2.12. The van der Waals surface area contributed by atoms with E-state index >= 15 is 0 Å². The molecule has 0 spiro atoms. The van der Waals surface area contributed by atoms with E-state index in [-0.39, 0.29) is 5.91 Å². The van der Waals surface area contributed by atoms with E-state index in [1.165, 1.54) is 0 Å². The zero-order valence-corrected chi connectivity index (χ0v) is 17.2. The van der Waals surface area contributed by atoms with Gasteiger partial charge < -0.3 is 15.1 Å². The van der Waals surface area contributed by atoms with Crippen molar-refractivity contribution in [1.29, 1.82) is 0 Å². The molecule has 1 heterocycles. The normalized spacial score (nSPS) is 10.4. The van der Waals surface area contributed by atoms with Crippen LogP contribution in [0.3, 0.4) is 0 Å². The van der Waals surface area contributed by atoms with Crippen LogP contribution in [-0.4, -0.2) is 36.0 Å². The quantitative estimate of drug-likeness (QED) is 0.625. The van der Waals surface area contributed by atoms with Crippen LogP contribution < -0.4 is 15.1 Å². The maximum absolute atomic E-state index is 12.6. The van der Waals surface area contributed by atoms with Gasteiger partial charge in [-0.05, 0) is 49.7 Å². The lowest BCUT2D eigenvalue weighted by Gasteiger charge is -2.21. The molecule has 0 unspecified atom stereocenters. The summed E-state index contributed by atoms with van der Waals surface area (Å²) in [6.07, 6.45) is 1.61. The minimum Gasteiger partial charge on any atom is -0.372 e. The van der Waals surface area contributed by atoms with Gasteiger partial charge in [0.2, 0.25) is 5.95 Å². The molecule has 0 aliphatic carbocycles. The van der Waals surface area contributed by atoms with Gasteiger partial charge in [-0.1, -0.05) is 30.3 Å². The minimum absolute atomic E-state index is 0.252. The Kier molecular flexibility index (Phi) is 6.79. The van der Waals surface area contributed by atoms with Gasteiger partial charge in [-0.15, -0.1) is 0 Å². The van der Waals surface area contributed by atoms with E-state index < -0.39 is 0 Å². The van der Waals surface area contributed by atoms with Crippen LogP contribution in [-0.2, 0) is 6.54 Å². The maximum atomic E-state index is 12.6. The summed E-state index contributed by atoms with van der Waals surface area (Å²) in [7, 11) is 1.91. The van der Waals surface area contributed by atoms with Gasteiger partial charge in [-0.2, -0.15) is 0 Å². The molecular formula is C23H27N5O. The van der Waals surface area contributed by atoms with Crippen LogP contribution in [0.5, 0.6) is 0 Å². The fraction of sp³-hybridized carbons (Fsp3) is 0.261. The van der Waals surface area contributed by atoms with E-state index in [1.807, 2.05) is 54.4 Å². The van der Waals surface area contributed by atoms with Gasteiger partial charge in [0.1, 0.15) is 5.69 Å². The van der Waals surface area contributed by atoms with Crippen molar-refractivity contribution in [3.63, 3.8) is 0 Å². The van der Waals surface area contributed by atoms with Crippen LogP contribution in [0, 0.1) is 0 Å². The van der Waals surface area contributed by atoms with Crippen LogP contribution in [0.4, 0.5) is 17.3 Å². The van der Waals surface area contributed by atoms with E-state index in [1.54, 1.807) is 12.3 Å². The smallest absolute Gasteiger partial charge is 0.274 e. The lowest BCUT2D eigenvalue weighted by molar-refractivity contribution is 0.102. The van der Waals surface area contributed by atoms with Gasteiger partial charge in [0.25, 0.3) is 5.91 Å². The molecule has 3 aromatic rings. The molecule has 1 N–H and O–H groups in total. The number of benzene rings is 2. The van der Waals surface area contributed by atoms with Gasteiger partial charge >= 0.3 is 0 Å². The number of carbonyl (C=O) groups is 1. The summed E-state index contributed by atoms with van der Waals surface area (Å²) in [6.45, 7) is 6.81. The molecular weight excluding hydrogens is 362 g/mol. The van der Waals surface area contributed by atoms with Crippen molar-refractivity contribution in [2.24, 2.45) is 0 Å². The Bertz CT molecular complexity index is 924. The van der Waals surface area contributed by atoms with Crippen molar-refractivity contribution in [2.75, 3.05) is 35.3 Å². The molecule has 1 amide bonds. The van der Waals surface area contributed by atoms with Crippen LogP contribution in [0.1, 0.15) is 29.9 Å². The highest BCUT2D eigenvalue weighted by Crippen LogP contribution is 2.18. The maximum Gasteiger partial charge on any atom is 0.274 e. The zero-order valence-electron chi connectivity index (χ0n) is 17.2. The number of nitrogens with one attached hydrogen (secondary N) is 1. The second kappa shape index (κ2) is 9.68. The monoisotopic (exact) mass is 389 g/mol. The number of hydrogen-bond donors (Lipinski definition) is 1. The largest absolute Gasteiger partial charge is 0.372 e. The minimum atomic E-state index is -0.252. The number of aromatic nitrogens is 2. The van der Waals surface area contributed by atoms with Crippen molar-refractivity contribution >= 4 is 23.2 Å². The number of amides is 1. The van der Waals surface area contributed by atoms with Gasteiger partial charge in [0.05, 0.1) is 0 Å². The molecule has 2 aromatic carbocycles. The predicted molar refractivity (Wildman–Crippen MR) is 119 cm³/mol. The van der Waals surface area contributed by atoms with Crippen LogP contribution >= 0.6 is 0 Å². The molecule has 6 heteroatoms. The molecule has 0 fully saturated rings. The summed E-state index contributed by atoms with van der Waals surface area (Å²) in [5.41, 5.74) is 3.37. The first-order valence-corrected chi connectivity index (χ1v) is 9.85. The van der Waals surface area contributed by atoms with Gasteiger partial charge in [0.15, 0.2) is 0 Å². The summed E-state index contributed by atoms with van der Waals surface area (Å²) in [5, 5.41) is 2.91. The van der Waals surface area contributed by atoms with Crippen LogP contribution in [0.2, 0.25) is 0 Å². The molecule has 6 nitrogen and oxygen atoms in total. The third-order valence-electron chi connectivity index (χ3n) is 4.73. The van der Waals surface area contributed by atoms with Crippen molar-refractivity contribution in [3.8, 4) is 0 Å².